The van der Waals surface area contributed by atoms with Crippen LogP contribution in [-0.4, -0.2) is 17.4 Å². The molecule has 0 bridgehead atoms. The molecular formula is C16H21N3O2. The van der Waals surface area contributed by atoms with Crippen LogP contribution in [0.15, 0.2) is 41.0 Å². The Morgan fingerprint density at radius 3 is 2.76 bits per heavy atom. The number of carbonyl (C=O) groups excluding carboxylic acids is 1. The number of carbonyl (C=O) groups is 1. The van der Waals surface area contributed by atoms with Crippen molar-refractivity contribution in [2.24, 2.45) is 5.73 Å². The maximum absolute atomic E-state index is 11.8. The highest BCUT2D eigenvalue weighted by atomic mass is 16.3. The molecule has 5 heteroatoms. The lowest BCUT2D eigenvalue weighted by atomic mass is 10.1. The molecule has 0 aliphatic heterocycles. The number of nitrogens with one attached hydrogen (secondary N) is 1. The summed E-state index contributed by atoms with van der Waals surface area (Å²) in [5.41, 5.74) is 7.24. The predicted molar refractivity (Wildman–Crippen MR) is 80.8 cm³/mol. The second-order valence-corrected chi connectivity index (χ2v) is 5.06. The van der Waals surface area contributed by atoms with Gasteiger partial charge in [0.2, 0.25) is 5.89 Å². The summed E-state index contributed by atoms with van der Waals surface area (Å²) in [4.78, 5) is 15.9. The number of aromatic nitrogens is 1. The van der Waals surface area contributed by atoms with E-state index in [0.29, 0.717) is 12.4 Å². The molecule has 1 heterocycles. The molecule has 0 radical (unpaired) electrons. The van der Waals surface area contributed by atoms with Gasteiger partial charge in [-0.05, 0) is 31.7 Å². The summed E-state index contributed by atoms with van der Waals surface area (Å²) in [5, 5.41) is 2.84. The summed E-state index contributed by atoms with van der Waals surface area (Å²) in [6.45, 7) is 2.39. The van der Waals surface area contributed by atoms with E-state index in [1.54, 1.807) is 6.92 Å². The van der Waals surface area contributed by atoms with Crippen LogP contribution in [0.4, 0.5) is 0 Å². The van der Waals surface area contributed by atoms with Crippen molar-refractivity contribution in [3.05, 3.63) is 53.7 Å². The van der Waals surface area contributed by atoms with E-state index in [1.807, 2.05) is 18.2 Å². The number of amides is 1. The minimum Gasteiger partial charge on any atom is -0.446 e. The van der Waals surface area contributed by atoms with Crippen molar-refractivity contribution in [1.29, 1.82) is 0 Å². The number of hydrogen-bond donors (Lipinski definition) is 2. The zero-order chi connectivity index (χ0) is 15.1. The molecule has 3 N–H and O–H groups in total. The quantitative estimate of drug-likeness (QED) is 0.766. The Kier molecular flexibility index (Phi) is 5.51. The summed E-state index contributed by atoms with van der Waals surface area (Å²) in [6, 6.07) is 10.0. The van der Waals surface area contributed by atoms with Crippen molar-refractivity contribution < 1.29 is 9.21 Å². The molecule has 1 aromatic carbocycles. The summed E-state index contributed by atoms with van der Waals surface area (Å²) >= 11 is 0. The van der Waals surface area contributed by atoms with Gasteiger partial charge in [0.15, 0.2) is 5.69 Å². The molecule has 0 spiro atoms. The number of aryl methyl sites for hydroxylation is 1. The lowest BCUT2D eigenvalue weighted by molar-refractivity contribution is 0.0948. The van der Waals surface area contributed by atoms with Gasteiger partial charge in [0, 0.05) is 6.54 Å². The number of hydrogen-bond acceptors (Lipinski definition) is 4. The second-order valence-electron chi connectivity index (χ2n) is 5.06. The van der Waals surface area contributed by atoms with Gasteiger partial charge in [-0.15, -0.1) is 0 Å². The molecule has 112 valence electrons. The Labute approximate surface area is 124 Å². The monoisotopic (exact) mass is 287 g/mol. The maximum Gasteiger partial charge on any atom is 0.273 e. The van der Waals surface area contributed by atoms with Gasteiger partial charge >= 0.3 is 0 Å². The molecule has 5 nitrogen and oxygen atoms in total. The molecule has 1 amide bonds. The van der Waals surface area contributed by atoms with Gasteiger partial charge in [-0.25, -0.2) is 4.98 Å². The predicted octanol–water partition coefficient (Wildman–Crippen LogP) is 2.45. The summed E-state index contributed by atoms with van der Waals surface area (Å²) in [5.74, 6) is 0.162. The van der Waals surface area contributed by atoms with E-state index in [2.05, 4.69) is 22.4 Å². The lowest BCUT2D eigenvalue weighted by Crippen LogP contribution is -2.25. The smallest absolute Gasteiger partial charge is 0.273 e. The highest BCUT2D eigenvalue weighted by Gasteiger charge is 2.13. The third kappa shape index (κ3) is 4.72. The number of benzene rings is 1. The SMILES string of the molecule is CC(N)c1nc(C(=O)NCCCCc2ccccc2)co1. The third-order valence-electron chi connectivity index (χ3n) is 3.16. The van der Waals surface area contributed by atoms with E-state index >= 15 is 0 Å². The summed E-state index contributed by atoms with van der Waals surface area (Å²) < 4.78 is 5.14. The number of rotatable bonds is 7. The first-order valence-electron chi connectivity index (χ1n) is 7.20. The van der Waals surface area contributed by atoms with Gasteiger partial charge in [-0.3, -0.25) is 4.79 Å². The van der Waals surface area contributed by atoms with Crippen LogP contribution in [0.3, 0.4) is 0 Å². The molecule has 0 saturated carbocycles. The van der Waals surface area contributed by atoms with Crippen molar-refractivity contribution >= 4 is 5.91 Å². The highest BCUT2D eigenvalue weighted by molar-refractivity contribution is 5.91. The van der Waals surface area contributed by atoms with Crippen LogP contribution in [0.5, 0.6) is 0 Å². The molecule has 0 fully saturated rings. The van der Waals surface area contributed by atoms with Crippen molar-refractivity contribution in [1.82, 2.24) is 10.3 Å². The van der Waals surface area contributed by atoms with Gasteiger partial charge in [0.25, 0.3) is 5.91 Å². The topological polar surface area (TPSA) is 81.1 Å². The fourth-order valence-corrected chi connectivity index (χ4v) is 1.99. The molecule has 1 atom stereocenters. The van der Waals surface area contributed by atoms with E-state index in [-0.39, 0.29) is 17.6 Å². The van der Waals surface area contributed by atoms with Gasteiger partial charge in [0.1, 0.15) is 6.26 Å². The van der Waals surface area contributed by atoms with Crippen molar-refractivity contribution in [2.45, 2.75) is 32.2 Å². The van der Waals surface area contributed by atoms with E-state index in [4.69, 9.17) is 10.2 Å². The largest absolute Gasteiger partial charge is 0.446 e. The fraction of sp³-hybridized carbons (Fsp3) is 0.375. The minimum atomic E-state index is -0.308. The zero-order valence-corrected chi connectivity index (χ0v) is 12.2. The molecule has 0 saturated heterocycles. The standard InChI is InChI=1S/C16H21N3O2/c1-12(17)16-19-14(11-21-16)15(20)18-10-6-5-9-13-7-3-2-4-8-13/h2-4,7-8,11-12H,5-6,9-10,17H2,1H3,(H,18,20). The number of oxazole rings is 1. The number of nitrogens with two attached hydrogens (primary N) is 1. The van der Waals surface area contributed by atoms with Gasteiger partial charge < -0.3 is 15.5 Å². The maximum atomic E-state index is 11.8. The van der Waals surface area contributed by atoms with Gasteiger partial charge in [0.05, 0.1) is 6.04 Å². The van der Waals surface area contributed by atoms with Crippen molar-refractivity contribution in [3.63, 3.8) is 0 Å². The molecule has 2 rings (SSSR count). The van der Waals surface area contributed by atoms with Gasteiger partial charge in [-0.2, -0.15) is 0 Å². The Bertz CT molecular complexity index is 564. The molecular weight excluding hydrogens is 266 g/mol. The van der Waals surface area contributed by atoms with Crippen molar-refractivity contribution in [2.75, 3.05) is 6.54 Å². The molecule has 1 aromatic heterocycles. The molecule has 21 heavy (non-hydrogen) atoms. The van der Waals surface area contributed by atoms with Gasteiger partial charge in [-0.1, -0.05) is 30.3 Å². The van der Waals surface area contributed by atoms with Crippen LogP contribution in [0.2, 0.25) is 0 Å². The van der Waals surface area contributed by atoms with Crippen LogP contribution < -0.4 is 11.1 Å². The van der Waals surface area contributed by atoms with Crippen LogP contribution in [-0.2, 0) is 6.42 Å². The second kappa shape index (κ2) is 7.59. The van der Waals surface area contributed by atoms with Crippen LogP contribution in [0, 0.1) is 0 Å². The Hall–Kier alpha value is -2.14. The number of nitrogens with zero attached hydrogens (tertiary/aromatic N) is 1. The average Bonchev–Trinajstić information content (AvgIpc) is 2.98. The minimum absolute atomic E-state index is 0.217. The van der Waals surface area contributed by atoms with E-state index in [9.17, 15) is 4.79 Å². The molecule has 1 unspecified atom stereocenters. The first-order valence-corrected chi connectivity index (χ1v) is 7.20. The van der Waals surface area contributed by atoms with E-state index in [0.717, 1.165) is 19.3 Å². The molecule has 2 aromatic rings. The first-order chi connectivity index (χ1) is 10.2. The summed E-state index contributed by atoms with van der Waals surface area (Å²) in [6.07, 6.45) is 4.33. The Morgan fingerprint density at radius 1 is 1.33 bits per heavy atom. The normalized spacial score (nSPS) is 12.1. The van der Waals surface area contributed by atoms with Crippen LogP contribution in [0.25, 0.3) is 0 Å². The third-order valence-corrected chi connectivity index (χ3v) is 3.16. The van der Waals surface area contributed by atoms with E-state index in [1.165, 1.54) is 11.8 Å². The number of unbranched alkanes of at least 4 members (excludes halogenated alkanes) is 1. The van der Waals surface area contributed by atoms with Crippen molar-refractivity contribution in [3.8, 4) is 0 Å². The molecule has 0 aliphatic rings. The first kappa shape index (κ1) is 15.3. The molecule has 0 aliphatic carbocycles. The Balaban J connectivity index is 1.67. The highest BCUT2D eigenvalue weighted by Crippen LogP contribution is 2.09. The fourth-order valence-electron chi connectivity index (χ4n) is 1.99. The zero-order valence-electron chi connectivity index (χ0n) is 12.2. The summed E-state index contributed by atoms with van der Waals surface area (Å²) in [7, 11) is 0. The van der Waals surface area contributed by atoms with Crippen LogP contribution in [0.1, 0.15) is 47.7 Å². The van der Waals surface area contributed by atoms with E-state index < -0.39 is 0 Å². The Morgan fingerprint density at radius 2 is 2.10 bits per heavy atom. The van der Waals surface area contributed by atoms with Crippen LogP contribution >= 0.6 is 0 Å². The lowest BCUT2D eigenvalue weighted by Gasteiger charge is -2.03. The average molecular weight is 287 g/mol.